The molecule has 1 amide bonds. The lowest BCUT2D eigenvalue weighted by molar-refractivity contribution is -0.119. The molecule has 0 bridgehead atoms. The monoisotopic (exact) mass is 339 g/mol. The van der Waals surface area contributed by atoms with Crippen molar-refractivity contribution in [1.82, 2.24) is 15.2 Å². The molecule has 0 spiro atoms. The van der Waals surface area contributed by atoms with Crippen LogP contribution in [0.4, 0.5) is 4.39 Å². The zero-order valence-corrected chi connectivity index (χ0v) is 14.1. The summed E-state index contributed by atoms with van der Waals surface area (Å²) in [6.45, 7) is 2.42. The van der Waals surface area contributed by atoms with Gasteiger partial charge in [0.1, 0.15) is 0 Å². The third-order valence-corrected chi connectivity index (χ3v) is 4.26. The van der Waals surface area contributed by atoms with Gasteiger partial charge in [-0.15, -0.1) is 0 Å². The molecule has 25 heavy (non-hydrogen) atoms. The molecular weight excluding hydrogens is 317 g/mol. The van der Waals surface area contributed by atoms with Gasteiger partial charge in [0, 0.05) is 25.3 Å². The van der Waals surface area contributed by atoms with Gasteiger partial charge in [0.25, 0.3) is 5.91 Å². The Balaban J connectivity index is 1.55. The van der Waals surface area contributed by atoms with Crippen LogP contribution in [0.5, 0.6) is 0 Å². The molecule has 4 nitrogen and oxygen atoms in total. The van der Waals surface area contributed by atoms with Crippen LogP contribution in [-0.2, 0) is 11.3 Å². The third kappa shape index (κ3) is 5.22. The second kappa shape index (κ2) is 8.53. The van der Waals surface area contributed by atoms with Crippen LogP contribution in [0.1, 0.15) is 24.1 Å². The number of carbonyl (C=O) groups is 1. The number of nitrogens with one attached hydrogen (secondary N) is 1. The van der Waals surface area contributed by atoms with Crippen molar-refractivity contribution in [3.05, 3.63) is 71.8 Å². The lowest BCUT2D eigenvalue weighted by Gasteiger charge is -2.32. The zero-order valence-electron chi connectivity index (χ0n) is 14.1. The van der Waals surface area contributed by atoms with Crippen molar-refractivity contribution < 1.29 is 9.18 Å². The summed E-state index contributed by atoms with van der Waals surface area (Å²) in [7, 11) is 0. The molecule has 1 atom stereocenters. The van der Waals surface area contributed by atoms with E-state index >= 15 is 0 Å². The number of piperidine rings is 1. The summed E-state index contributed by atoms with van der Waals surface area (Å²) in [5, 5.41) is 2.81. The number of rotatable bonds is 5. The minimum absolute atomic E-state index is 0.0418. The standard InChI is InChI=1S/C20H22FN3O/c21-19(13-16-7-2-1-3-8-16)20(25)23-18-10-6-12-24(15-18)14-17-9-4-5-11-22-17/h1-5,7-9,11,13,18H,6,10,12,14-15H2,(H,23,25)/b19-13-/t18-/m0/s1. The van der Waals surface area contributed by atoms with E-state index in [2.05, 4.69) is 15.2 Å². The number of benzene rings is 1. The molecular formula is C20H22FN3O. The molecule has 3 rings (SSSR count). The number of carbonyl (C=O) groups excluding carboxylic acids is 1. The van der Waals surface area contributed by atoms with Gasteiger partial charge in [-0.25, -0.2) is 4.39 Å². The fourth-order valence-corrected chi connectivity index (χ4v) is 3.05. The molecule has 2 heterocycles. The van der Waals surface area contributed by atoms with Crippen molar-refractivity contribution in [2.45, 2.75) is 25.4 Å². The molecule has 1 fully saturated rings. The minimum atomic E-state index is -0.756. The molecule has 1 aliphatic heterocycles. The van der Waals surface area contributed by atoms with Crippen LogP contribution < -0.4 is 5.32 Å². The fourth-order valence-electron chi connectivity index (χ4n) is 3.05. The van der Waals surface area contributed by atoms with Crippen LogP contribution in [0.25, 0.3) is 6.08 Å². The Labute approximate surface area is 147 Å². The van der Waals surface area contributed by atoms with Crippen molar-refractivity contribution in [3.63, 3.8) is 0 Å². The number of likely N-dealkylation sites (tertiary alicyclic amines) is 1. The average molecular weight is 339 g/mol. The number of nitrogens with zero attached hydrogens (tertiary/aromatic N) is 2. The lowest BCUT2D eigenvalue weighted by Crippen LogP contribution is -2.47. The van der Waals surface area contributed by atoms with Crippen LogP contribution in [0.3, 0.4) is 0 Å². The van der Waals surface area contributed by atoms with Gasteiger partial charge in [0.15, 0.2) is 5.83 Å². The van der Waals surface area contributed by atoms with E-state index < -0.39 is 11.7 Å². The van der Waals surface area contributed by atoms with E-state index in [1.54, 1.807) is 18.3 Å². The predicted octanol–water partition coefficient (Wildman–Crippen LogP) is 3.17. The first kappa shape index (κ1) is 17.3. The van der Waals surface area contributed by atoms with Gasteiger partial charge in [0.2, 0.25) is 0 Å². The maximum Gasteiger partial charge on any atom is 0.280 e. The Bertz CT molecular complexity index is 718. The summed E-state index contributed by atoms with van der Waals surface area (Å²) in [4.78, 5) is 18.7. The fraction of sp³-hybridized carbons (Fsp3) is 0.300. The van der Waals surface area contributed by atoms with Crippen LogP contribution in [-0.4, -0.2) is 34.9 Å². The predicted molar refractivity (Wildman–Crippen MR) is 96.2 cm³/mol. The first-order chi connectivity index (χ1) is 12.2. The van der Waals surface area contributed by atoms with Crippen LogP contribution in [0.15, 0.2) is 60.6 Å². The van der Waals surface area contributed by atoms with Crippen molar-refractivity contribution in [3.8, 4) is 0 Å². The molecule has 0 saturated carbocycles. The van der Waals surface area contributed by atoms with E-state index in [1.165, 1.54) is 6.08 Å². The summed E-state index contributed by atoms with van der Waals surface area (Å²) < 4.78 is 14.1. The van der Waals surface area contributed by atoms with Gasteiger partial charge >= 0.3 is 0 Å². The smallest absolute Gasteiger partial charge is 0.280 e. The van der Waals surface area contributed by atoms with Gasteiger partial charge in [-0.05, 0) is 43.2 Å². The normalized spacial score (nSPS) is 18.8. The Morgan fingerprint density at radius 2 is 2.04 bits per heavy atom. The molecule has 130 valence electrons. The Morgan fingerprint density at radius 3 is 2.80 bits per heavy atom. The molecule has 2 aromatic rings. The van der Waals surface area contributed by atoms with E-state index in [1.807, 2.05) is 36.4 Å². The van der Waals surface area contributed by atoms with Crippen molar-refractivity contribution >= 4 is 12.0 Å². The summed E-state index contributed by atoms with van der Waals surface area (Å²) >= 11 is 0. The molecule has 0 aliphatic carbocycles. The van der Waals surface area contributed by atoms with Crippen molar-refractivity contribution in [2.75, 3.05) is 13.1 Å². The van der Waals surface area contributed by atoms with Crippen LogP contribution >= 0.6 is 0 Å². The summed E-state index contributed by atoms with van der Waals surface area (Å²) in [5.41, 5.74) is 1.68. The van der Waals surface area contributed by atoms with Gasteiger partial charge in [-0.1, -0.05) is 36.4 Å². The quantitative estimate of drug-likeness (QED) is 0.851. The largest absolute Gasteiger partial charge is 0.346 e. The highest BCUT2D eigenvalue weighted by Crippen LogP contribution is 2.14. The number of halogens is 1. The van der Waals surface area contributed by atoms with E-state index in [-0.39, 0.29) is 6.04 Å². The molecule has 1 aromatic carbocycles. The Hall–Kier alpha value is -2.53. The highest BCUT2D eigenvalue weighted by molar-refractivity contribution is 5.95. The van der Waals surface area contributed by atoms with E-state index in [0.717, 1.165) is 31.6 Å². The van der Waals surface area contributed by atoms with Crippen molar-refractivity contribution in [1.29, 1.82) is 0 Å². The van der Waals surface area contributed by atoms with E-state index in [0.29, 0.717) is 12.1 Å². The first-order valence-electron chi connectivity index (χ1n) is 8.56. The lowest BCUT2D eigenvalue weighted by atomic mass is 10.1. The van der Waals surface area contributed by atoms with Gasteiger partial charge in [0.05, 0.1) is 5.69 Å². The number of pyridine rings is 1. The minimum Gasteiger partial charge on any atom is -0.346 e. The van der Waals surface area contributed by atoms with Crippen LogP contribution in [0.2, 0.25) is 0 Å². The Morgan fingerprint density at radius 1 is 1.24 bits per heavy atom. The topological polar surface area (TPSA) is 45.2 Å². The maximum atomic E-state index is 14.1. The second-order valence-electron chi connectivity index (χ2n) is 6.27. The number of amides is 1. The number of hydrogen-bond donors (Lipinski definition) is 1. The molecule has 1 aliphatic rings. The van der Waals surface area contributed by atoms with Gasteiger partial charge in [-0.3, -0.25) is 14.7 Å². The Kier molecular flexibility index (Phi) is 5.90. The first-order valence-corrected chi connectivity index (χ1v) is 8.56. The SMILES string of the molecule is O=C(N[C@H]1CCCN(Cc2ccccn2)C1)/C(F)=C/c1ccccc1. The molecule has 5 heteroatoms. The van der Waals surface area contributed by atoms with E-state index in [9.17, 15) is 9.18 Å². The van der Waals surface area contributed by atoms with Crippen LogP contribution in [0, 0.1) is 0 Å². The maximum absolute atomic E-state index is 14.1. The molecule has 1 N–H and O–H groups in total. The highest BCUT2D eigenvalue weighted by Gasteiger charge is 2.23. The summed E-state index contributed by atoms with van der Waals surface area (Å²) in [6.07, 6.45) is 4.89. The molecule has 0 radical (unpaired) electrons. The highest BCUT2D eigenvalue weighted by atomic mass is 19.1. The molecule has 1 saturated heterocycles. The van der Waals surface area contributed by atoms with Gasteiger partial charge in [-0.2, -0.15) is 0 Å². The zero-order chi connectivity index (χ0) is 17.5. The summed E-state index contributed by atoms with van der Waals surface area (Å²) in [6, 6.07) is 14.8. The van der Waals surface area contributed by atoms with Crippen molar-refractivity contribution in [2.24, 2.45) is 0 Å². The van der Waals surface area contributed by atoms with E-state index in [4.69, 9.17) is 0 Å². The average Bonchev–Trinajstić information content (AvgIpc) is 2.63. The molecule has 1 aromatic heterocycles. The third-order valence-electron chi connectivity index (χ3n) is 4.26. The second-order valence-corrected chi connectivity index (χ2v) is 6.27. The van der Waals surface area contributed by atoms with Gasteiger partial charge < -0.3 is 5.32 Å². The summed E-state index contributed by atoms with van der Waals surface area (Å²) in [5.74, 6) is -1.40. The molecule has 0 unspecified atom stereocenters. The number of aromatic nitrogens is 1. The number of hydrogen-bond acceptors (Lipinski definition) is 3.